The number of hydrogen-bond donors (Lipinski definition) is 0. The van der Waals surface area contributed by atoms with Crippen molar-refractivity contribution >= 4 is 0 Å². The van der Waals surface area contributed by atoms with Gasteiger partial charge in [-0.3, -0.25) is 0 Å². The van der Waals surface area contributed by atoms with Crippen molar-refractivity contribution in [1.82, 2.24) is 41.1 Å². The maximum absolute atomic E-state index is 12.4. The molecule has 0 N–H and O–H groups in total. The summed E-state index contributed by atoms with van der Waals surface area (Å²) >= 11 is 0. The van der Waals surface area contributed by atoms with Crippen LogP contribution in [0.3, 0.4) is 0 Å². The first-order chi connectivity index (χ1) is 28.3. The van der Waals surface area contributed by atoms with Crippen LogP contribution < -0.4 is 51.2 Å². The average Bonchev–Trinajstić information content (AvgIpc) is 4.06. The maximum atomic E-state index is 12.4. The van der Waals surface area contributed by atoms with E-state index in [2.05, 4.69) is 39.5 Å². The number of benzene rings is 1. The number of ether oxygens (including phenoxy) is 1. The molecule has 0 spiro atoms. The molecule has 1 unspecified atom stereocenters. The summed E-state index contributed by atoms with van der Waals surface area (Å²) in [5.74, 6) is 0. The molecule has 4 aromatic rings. The molecule has 1 atom stereocenters. The molecule has 3 aromatic heterocycles. The predicted octanol–water partition coefficient (Wildman–Crippen LogP) is -0.181. The Kier molecular flexibility index (Phi) is 17.2. The number of unbranched alkanes of at least 4 members (excludes halogenated alkanes) is 1. The molecule has 0 radical (unpaired) electrons. The Balaban J connectivity index is 0.000000237. The molecule has 19 nitrogen and oxygen atoms in total. The number of hydrogen-bond acceptors (Lipinski definition) is 10. The van der Waals surface area contributed by atoms with Gasteiger partial charge < -0.3 is 4.74 Å². The Bertz CT molecular complexity index is 2600. The molecule has 1 aliphatic rings. The van der Waals surface area contributed by atoms with Crippen molar-refractivity contribution in [1.29, 1.82) is 0 Å². The SMILES string of the molecule is C=CCn1c(=O)n(CC=C)c(=O)n(-c2ccccc2)c1=O.C=CCn1c(=O)n(CC=C)c(=O)n(CC2CO2)c1=O.C=CCn1c(=O)n(CC=C)c(=O)n(CCCC)c1=O. The van der Waals surface area contributed by atoms with Crippen molar-refractivity contribution in [2.45, 2.75) is 78.2 Å². The second-order valence-corrected chi connectivity index (χ2v) is 12.7. The van der Waals surface area contributed by atoms with Crippen LogP contribution in [0.2, 0.25) is 0 Å². The number of allylic oxidation sites excluding steroid dienone is 6. The maximum Gasteiger partial charge on any atom is 0.341 e. The number of aromatic nitrogens is 9. The third-order valence-electron chi connectivity index (χ3n) is 8.49. The van der Waals surface area contributed by atoms with Crippen LogP contribution in [0.4, 0.5) is 0 Å². The van der Waals surface area contributed by atoms with Crippen molar-refractivity contribution in [3.63, 3.8) is 0 Å². The first kappa shape index (κ1) is 46.2. The summed E-state index contributed by atoms with van der Waals surface area (Å²) in [6.45, 7) is 24.4. The van der Waals surface area contributed by atoms with Gasteiger partial charge in [0, 0.05) is 6.54 Å². The van der Waals surface area contributed by atoms with Crippen LogP contribution in [0, 0.1) is 0 Å². The first-order valence-electron chi connectivity index (χ1n) is 18.5. The molecule has 1 aliphatic heterocycles. The van der Waals surface area contributed by atoms with Gasteiger partial charge in [0.2, 0.25) is 0 Å². The topological polar surface area (TPSA) is 211 Å². The van der Waals surface area contributed by atoms with Crippen LogP contribution >= 0.6 is 0 Å². The van der Waals surface area contributed by atoms with Gasteiger partial charge in [-0.05, 0) is 18.6 Å². The summed E-state index contributed by atoms with van der Waals surface area (Å²) in [5.41, 5.74) is -5.33. The number of nitrogens with zero attached hydrogens (tertiary/aromatic N) is 9. The normalized spacial score (nSPS) is 12.5. The lowest BCUT2D eigenvalue weighted by molar-refractivity contribution is 0.362. The molecule has 1 fully saturated rings. The standard InChI is InChI=1S/C15H15N3O3.C13H19N3O3.C12H15N3O4/c1-3-10-16-13(19)17(11-4-2)15(21)18(14(16)20)12-8-6-5-7-9-12;1-4-7-10-16-12(18)14(8-5-2)11(17)15(9-6-3)13(16)19;1-3-5-13-10(16)14(6-4-2)12(18)15(11(13)17)7-9-8-19-9/h3-9H,1-2,10-11H2;5-6H,2-4,7-10H2,1H3;3-4,9H,1-2,5-8H2. The minimum Gasteiger partial charge on any atom is -0.371 e. The summed E-state index contributed by atoms with van der Waals surface area (Å²) in [7, 11) is 0. The van der Waals surface area contributed by atoms with E-state index >= 15 is 0 Å². The van der Waals surface area contributed by atoms with E-state index in [-0.39, 0.29) is 51.9 Å². The van der Waals surface area contributed by atoms with Gasteiger partial charge in [0.05, 0.1) is 64.2 Å². The number of rotatable bonds is 18. The first-order valence-corrected chi connectivity index (χ1v) is 18.5. The molecule has 1 saturated heterocycles. The van der Waals surface area contributed by atoms with Crippen molar-refractivity contribution in [2.24, 2.45) is 0 Å². The highest BCUT2D eigenvalue weighted by molar-refractivity contribution is 5.30. The highest BCUT2D eigenvalue weighted by Gasteiger charge is 2.26. The van der Waals surface area contributed by atoms with E-state index in [9.17, 15) is 43.2 Å². The van der Waals surface area contributed by atoms with Crippen LogP contribution in [0.25, 0.3) is 5.69 Å². The van der Waals surface area contributed by atoms with Gasteiger partial charge in [0.25, 0.3) is 0 Å². The summed E-state index contributed by atoms with van der Waals surface area (Å²) in [5, 5.41) is 0. The Morgan fingerprint density at radius 3 is 1.10 bits per heavy atom. The fourth-order valence-electron chi connectivity index (χ4n) is 5.55. The fourth-order valence-corrected chi connectivity index (χ4v) is 5.55. The largest absolute Gasteiger partial charge is 0.371 e. The van der Waals surface area contributed by atoms with E-state index in [4.69, 9.17) is 4.74 Å². The van der Waals surface area contributed by atoms with Crippen LogP contribution in [0.15, 0.2) is 149 Å². The van der Waals surface area contributed by atoms with E-state index in [1.54, 1.807) is 30.3 Å². The molecule has 19 heteroatoms. The lowest BCUT2D eigenvalue weighted by Crippen LogP contribution is -2.54. The highest BCUT2D eigenvalue weighted by Crippen LogP contribution is 2.09. The Hall–Kier alpha value is -7.15. The summed E-state index contributed by atoms with van der Waals surface area (Å²) < 4.78 is 14.0. The van der Waals surface area contributed by atoms with Crippen LogP contribution in [0.5, 0.6) is 0 Å². The monoisotopic (exact) mass is 815 g/mol. The minimum atomic E-state index is -0.684. The van der Waals surface area contributed by atoms with Crippen LogP contribution in [-0.2, 0) is 57.1 Å². The van der Waals surface area contributed by atoms with Gasteiger partial charge >= 0.3 is 51.2 Å². The third-order valence-corrected chi connectivity index (χ3v) is 8.49. The van der Waals surface area contributed by atoms with Crippen molar-refractivity contribution in [3.05, 3.63) is 201 Å². The van der Waals surface area contributed by atoms with E-state index in [1.807, 2.05) is 6.92 Å². The molecule has 1 aromatic carbocycles. The van der Waals surface area contributed by atoms with Crippen molar-refractivity contribution in [3.8, 4) is 5.69 Å². The van der Waals surface area contributed by atoms with Crippen molar-refractivity contribution < 1.29 is 4.74 Å². The molecular weight excluding hydrogens is 766 g/mol. The molecule has 0 aliphatic carbocycles. The van der Waals surface area contributed by atoms with E-state index in [1.165, 1.54) is 36.5 Å². The smallest absolute Gasteiger partial charge is 0.341 e. The van der Waals surface area contributed by atoms with Gasteiger partial charge in [-0.25, -0.2) is 84.3 Å². The van der Waals surface area contributed by atoms with Crippen LogP contribution in [-0.4, -0.2) is 53.8 Å². The predicted molar refractivity (Wildman–Crippen MR) is 225 cm³/mol. The zero-order valence-electron chi connectivity index (χ0n) is 33.1. The zero-order chi connectivity index (χ0) is 43.8. The molecular formula is C40H49N9O10. The summed E-state index contributed by atoms with van der Waals surface area (Å²) in [6, 6.07) is 8.45. The van der Waals surface area contributed by atoms with Gasteiger partial charge in [0.1, 0.15) is 0 Å². The van der Waals surface area contributed by atoms with Gasteiger partial charge in [-0.2, -0.15) is 0 Å². The van der Waals surface area contributed by atoms with E-state index in [0.717, 1.165) is 47.5 Å². The molecule has 59 heavy (non-hydrogen) atoms. The third kappa shape index (κ3) is 10.8. The Labute approximate surface area is 336 Å². The molecule has 0 amide bonds. The Morgan fingerprint density at radius 1 is 0.492 bits per heavy atom. The highest BCUT2D eigenvalue weighted by atomic mass is 16.6. The minimum absolute atomic E-state index is 0.0297. The fraction of sp³-hybridized carbons (Fsp3) is 0.325. The molecule has 314 valence electrons. The zero-order valence-corrected chi connectivity index (χ0v) is 33.1. The van der Waals surface area contributed by atoms with Crippen LogP contribution in [0.1, 0.15) is 19.8 Å². The Morgan fingerprint density at radius 2 is 0.797 bits per heavy atom. The molecule has 0 bridgehead atoms. The second-order valence-electron chi connectivity index (χ2n) is 12.7. The van der Waals surface area contributed by atoms with Gasteiger partial charge in [-0.15, -0.1) is 39.5 Å². The van der Waals surface area contributed by atoms with Gasteiger partial charge in [-0.1, -0.05) is 68.0 Å². The summed E-state index contributed by atoms with van der Waals surface area (Å²) in [4.78, 5) is 109. The number of epoxide rings is 1. The lowest BCUT2D eigenvalue weighted by atomic mass is 10.3. The molecule has 0 saturated carbocycles. The number of para-hydroxylation sites is 1. The average molecular weight is 816 g/mol. The van der Waals surface area contributed by atoms with E-state index < -0.39 is 51.2 Å². The second kappa shape index (κ2) is 22.0. The quantitative estimate of drug-likeness (QED) is 0.0956. The molecule has 5 rings (SSSR count). The molecule has 4 heterocycles. The van der Waals surface area contributed by atoms with Crippen molar-refractivity contribution in [2.75, 3.05) is 6.61 Å². The summed E-state index contributed by atoms with van der Waals surface area (Å²) in [6.07, 6.45) is 10.1. The van der Waals surface area contributed by atoms with E-state index in [0.29, 0.717) is 25.3 Å². The lowest BCUT2D eigenvalue weighted by Gasteiger charge is -2.11. The van der Waals surface area contributed by atoms with Gasteiger partial charge in [0.15, 0.2) is 0 Å².